The van der Waals surface area contributed by atoms with Crippen LogP contribution in [0.4, 0.5) is 0 Å². The molecule has 0 aliphatic rings. The van der Waals surface area contributed by atoms with Crippen molar-refractivity contribution in [1.29, 1.82) is 0 Å². The molecule has 0 saturated carbocycles. The van der Waals surface area contributed by atoms with E-state index in [0.717, 1.165) is 34.9 Å². The van der Waals surface area contributed by atoms with Crippen LogP contribution in [0.25, 0.3) is 22.0 Å². The fraction of sp³-hybridized carbons (Fsp3) is 0.333. The number of aryl methyl sites for hydroxylation is 1. The van der Waals surface area contributed by atoms with Crippen molar-refractivity contribution in [1.82, 2.24) is 19.7 Å². The number of unbranched alkanes of at least 4 members (excludes halogenated alkanes) is 1. The van der Waals surface area contributed by atoms with Crippen molar-refractivity contribution in [3.63, 3.8) is 0 Å². The van der Waals surface area contributed by atoms with E-state index < -0.39 is 6.10 Å². The molecule has 3 aromatic rings. The van der Waals surface area contributed by atoms with E-state index in [9.17, 15) is 5.11 Å². The predicted octanol–water partition coefficient (Wildman–Crippen LogP) is 2.87. The van der Waals surface area contributed by atoms with Crippen LogP contribution in [0.15, 0.2) is 30.9 Å². The first-order valence-electron chi connectivity index (χ1n) is 7.83. The normalized spacial score (nSPS) is 12.1. The first-order valence-corrected chi connectivity index (χ1v) is 7.83. The van der Waals surface area contributed by atoms with Crippen LogP contribution in [0.5, 0.6) is 0 Å². The first kappa shape index (κ1) is 15.3. The number of aliphatic hydroxyl groups excluding tert-OH is 1. The minimum absolute atomic E-state index is 0.587. The average molecular weight is 308 g/mol. The van der Waals surface area contributed by atoms with E-state index in [2.05, 4.69) is 40.1 Å². The molecule has 3 rings (SSSR count). The summed E-state index contributed by atoms with van der Waals surface area (Å²) in [4.78, 5) is 4.39. The molecule has 0 bridgehead atoms. The Hall–Kier alpha value is -2.58. The molecule has 5 nitrogen and oxygen atoms in total. The van der Waals surface area contributed by atoms with E-state index in [1.54, 1.807) is 6.20 Å². The highest BCUT2D eigenvalue weighted by Gasteiger charge is 2.10. The number of H-pyrrole nitrogens is 1. The number of hydrogen-bond acceptors (Lipinski definition) is 3. The Morgan fingerprint density at radius 2 is 2.26 bits per heavy atom. The number of aromatic amines is 1. The van der Waals surface area contributed by atoms with Crippen molar-refractivity contribution in [2.45, 2.75) is 32.3 Å². The average Bonchev–Trinajstić information content (AvgIpc) is 3.19. The fourth-order valence-electron chi connectivity index (χ4n) is 2.60. The number of pyridine rings is 1. The molecule has 3 heterocycles. The maximum absolute atomic E-state index is 9.85. The van der Waals surface area contributed by atoms with Gasteiger partial charge in [-0.05, 0) is 18.4 Å². The van der Waals surface area contributed by atoms with Crippen LogP contribution < -0.4 is 0 Å². The number of fused-ring (bicyclic) bond motifs is 1. The Morgan fingerprint density at radius 3 is 3.00 bits per heavy atom. The molecule has 5 heteroatoms. The minimum Gasteiger partial charge on any atom is -0.380 e. The highest BCUT2D eigenvalue weighted by Crippen LogP contribution is 2.29. The van der Waals surface area contributed by atoms with Gasteiger partial charge in [0.15, 0.2) is 0 Å². The van der Waals surface area contributed by atoms with Crippen LogP contribution >= 0.6 is 0 Å². The maximum atomic E-state index is 9.85. The van der Waals surface area contributed by atoms with Gasteiger partial charge in [0.25, 0.3) is 0 Å². The lowest BCUT2D eigenvalue weighted by atomic mass is 10.1. The second kappa shape index (κ2) is 6.67. The number of aromatic nitrogens is 4. The molecule has 1 atom stereocenters. The lowest BCUT2D eigenvalue weighted by Crippen LogP contribution is -2.02. The Balaban J connectivity index is 1.95. The van der Waals surface area contributed by atoms with Gasteiger partial charge < -0.3 is 9.67 Å². The van der Waals surface area contributed by atoms with E-state index in [0.29, 0.717) is 12.1 Å². The van der Waals surface area contributed by atoms with E-state index in [4.69, 9.17) is 0 Å². The second-order valence-corrected chi connectivity index (χ2v) is 5.65. The molecule has 0 saturated heterocycles. The molecule has 23 heavy (non-hydrogen) atoms. The Labute approximate surface area is 135 Å². The summed E-state index contributed by atoms with van der Waals surface area (Å²) in [6.45, 7) is 2.10. The summed E-state index contributed by atoms with van der Waals surface area (Å²) in [6, 6.07) is 1.97. The molecule has 2 N–H and O–H groups in total. The molecule has 3 aromatic heterocycles. The molecule has 118 valence electrons. The van der Waals surface area contributed by atoms with Gasteiger partial charge in [0.1, 0.15) is 11.8 Å². The second-order valence-electron chi connectivity index (χ2n) is 5.65. The van der Waals surface area contributed by atoms with Crippen molar-refractivity contribution >= 4 is 10.9 Å². The van der Waals surface area contributed by atoms with E-state index >= 15 is 0 Å². The van der Waals surface area contributed by atoms with Gasteiger partial charge in [0.05, 0.1) is 17.9 Å². The van der Waals surface area contributed by atoms with Gasteiger partial charge in [-0.25, -0.2) is 4.98 Å². The third kappa shape index (κ3) is 3.27. The van der Waals surface area contributed by atoms with Gasteiger partial charge in [-0.2, -0.15) is 5.10 Å². The van der Waals surface area contributed by atoms with Gasteiger partial charge in [0.2, 0.25) is 0 Å². The first-order chi connectivity index (χ1) is 11.2. The van der Waals surface area contributed by atoms with Crippen LogP contribution in [-0.2, 0) is 7.05 Å². The smallest absolute Gasteiger partial charge is 0.115 e. The van der Waals surface area contributed by atoms with Crippen LogP contribution in [0, 0.1) is 11.8 Å². The molecule has 0 radical (unpaired) electrons. The molecular weight excluding hydrogens is 288 g/mol. The summed E-state index contributed by atoms with van der Waals surface area (Å²) >= 11 is 0. The van der Waals surface area contributed by atoms with Gasteiger partial charge in [-0.1, -0.05) is 25.7 Å². The molecule has 0 spiro atoms. The summed E-state index contributed by atoms with van der Waals surface area (Å²) in [7, 11) is 1.99. The third-order valence-corrected chi connectivity index (χ3v) is 3.88. The molecule has 1 unspecified atom stereocenters. The van der Waals surface area contributed by atoms with E-state index in [1.165, 1.54) is 0 Å². The summed E-state index contributed by atoms with van der Waals surface area (Å²) in [5.41, 5.74) is 3.83. The number of rotatable bonds is 4. The Kier molecular flexibility index (Phi) is 4.45. The van der Waals surface area contributed by atoms with Crippen molar-refractivity contribution in [2.75, 3.05) is 0 Å². The lowest BCUT2D eigenvalue weighted by Gasteiger charge is -2.00. The fourth-order valence-corrected chi connectivity index (χ4v) is 2.60. The summed E-state index contributed by atoms with van der Waals surface area (Å²) in [5, 5.41) is 17.8. The summed E-state index contributed by atoms with van der Waals surface area (Å²) < 4.78 is 2.04. The minimum atomic E-state index is -0.587. The summed E-state index contributed by atoms with van der Waals surface area (Å²) in [6.07, 6.45) is 9.71. The molecule has 0 aliphatic carbocycles. The van der Waals surface area contributed by atoms with Crippen molar-refractivity contribution in [2.24, 2.45) is 7.05 Å². The van der Waals surface area contributed by atoms with Crippen LogP contribution in [-0.4, -0.2) is 31.0 Å². The number of aliphatic hydroxyl groups is 1. The van der Waals surface area contributed by atoms with Crippen LogP contribution in [0.2, 0.25) is 0 Å². The standard InChI is InChI=1S/C18H20N4O/c1-3-4-5-15(23)7-6-14-8-16-17(13-9-20-21-10-13)12-22(2)18(16)11-19-14/h8-12,15,23H,3-5H2,1-2H3,(H,20,21). The number of nitrogens with zero attached hydrogens (tertiary/aromatic N) is 3. The van der Waals surface area contributed by atoms with E-state index in [-0.39, 0.29) is 0 Å². The zero-order valence-electron chi connectivity index (χ0n) is 13.4. The number of nitrogens with one attached hydrogen (secondary N) is 1. The third-order valence-electron chi connectivity index (χ3n) is 3.88. The van der Waals surface area contributed by atoms with Crippen molar-refractivity contribution in [3.05, 3.63) is 36.5 Å². The molecule has 0 aromatic carbocycles. The van der Waals surface area contributed by atoms with Crippen molar-refractivity contribution < 1.29 is 5.11 Å². The lowest BCUT2D eigenvalue weighted by molar-refractivity contribution is 0.218. The van der Waals surface area contributed by atoms with Gasteiger partial charge in [0, 0.05) is 36.0 Å². The van der Waals surface area contributed by atoms with Crippen LogP contribution in [0.1, 0.15) is 31.9 Å². The largest absolute Gasteiger partial charge is 0.380 e. The summed E-state index contributed by atoms with van der Waals surface area (Å²) in [5.74, 6) is 5.86. The Morgan fingerprint density at radius 1 is 1.39 bits per heavy atom. The SMILES string of the molecule is CCCCC(O)C#Cc1cc2c(-c3cn[nH]c3)cn(C)c2cn1. The predicted molar refractivity (Wildman–Crippen MR) is 90.7 cm³/mol. The van der Waals surface area contributed by atoms with E-state index in [1.807, 2.05) is 30.1 Å². The molecular formula is C18H20N4O. The zero-order valence-corrected chi connectivity index (χ0v) is 13.4. The quantitative estimate of drug-likeness (QED) is 0.728. The van der Waals surface area contributed by atoms with Gasteiger partial charge in [-0.3, -0.25) is 5.10 Å². The number of hydrogen-bond donors (Lipinski definition) is 2. The molecule has 0 fully saturated rings. The van der Waals surface area contributed by atoms with Crippen molar-refractivity contribution in [3.8, 4) is 23.0 Å². The Bertz CT molecular complexity index is 852. The van der Waals surface area contributed by atoms with Gasteiger partial charge in [-0.15, -0.1) is 0 Å². The highest BCUT2D eigenvalue weighted by molar-refractivity contribution is 5.95. The molecule has 0 amide bonds. The van der Waals surface area contributed by atoms with Gasteiger partial charge >= 0.3 is 0 Å². The maximum Gasteiger partial charge on any atom is 0.115 e. The highest BCUT2D eigenvalue weighted by atomic mass is 16.3. The van der Waals surface area contributed by atoms with Crippen LogP contribution in [0.3, 0.4) is 0 Å². The zero-order chi connectivity index (χ0) is 16.2. The topological polar surface area (TPSA) is 66.7 Å². The molecule has 0 aliphatic heterocycles. The monoisotopic (exact) mass is 308 g/mol.